The first-order valence-corrected chi connectivity index (χ1v) is 8.10. The number of ether oxygens (including phenoxy) is 1. The van der Waals surface area contributed by atoms with E-state index in [0.29, 0.717) is 25.1 Å². The molecule has 128 valence electrons. The maximum Gasteiger partial charge on any atom is 0.159 e. The Labute approximate surface area is 140 Å². The number of halogens is 2. The normalized spacial score (nSPS) is 21.8. The summed E-state index contributed by atoms with van der Waals surface area (Å²) in [4.78, 5) is 2.22. The average molecular weight is 333 g/mol. The van der Waals surface area contributed by atoms with Crippen molar-refractivity contribution < 1.29 is 18.6 Å². The third-order valence-corrected chi connectivity index (χ3v) is 4.48. The lowest BCUT2D eigenvalue weighted by atomic mass is 9.88. The fourth-order valence-electron chi connectivity index (χ4n) is 3.26. The quantitative estimate of drug-likeness (QED) is 0.913. The van der Waals surface area contributed by atoms with Gasteiger partial charge in [-0.2, -0.15) is 0 Å². The monoisotopic (exact) mass is 333 g/mol. The van der Waals surface area contributed by atoms with Gasteiger partial charge in [0, 0.05) is 32.7 Å². The molecule has 0 amide bonds. The molecule has 1 aliphatic rings. The summed E-state index contributed by atoms with van der Waals surface area (Å²) in [6.07, 6.45) is 0.337. The van der Waals surface area contributed by atoms with E-state index in [-0.39, 0.29) is 6.61 Å². The Morgan fingerprint density at radius 2 is 1.88 bits per heavy atom. The van der Waals surface area contributed by atoms with E-state index in [0.717, 1.165) is 19.2 Å². The van der Waals surface area contributed by atoms with Crippen LogP contribution in [0.2, 0.25) is 0 Å². The van der Waals surface area contributed by atoms with Crippen LogP contribution in [0.15, 0.2) is 48.5 Å². The van der Waals surface area contributed by atoms with Crippen LogP contribution in [-0.4, -0.2) is 36.3 Å². The molecule has 1 heterocycles. The van der Waals surface area contributed by atoms with E-state index < -0.39 is 17.2 Å². The molecule has 5 heteroatoms. The van der Waals surface area contributed by atoms with Crippen LogP contribution in [0.5, 0.6) is 0 Å². The number of morpholine rings is 1. The van der Waals surface area contributed by atoms with Crippen LogP contribution >= 0.6 is 0 Å². The molecule has 3 nitrogen and oxygen atoms in total. The summed E-state index contributed by atoms with van der Waals surface area (Å²) in [6, 6.07) is 13.9. The fraction of sp³-hybridized carbons (Fsp3) is 0.368. The van der Waals surface area contributed by atoms with Gasteiger partial charge in [-0.15, -0.1) is 0 Å². The molecule has 0 spiro atoms. The molecule has 2 aromatic carbocycles. The van der Waals surface area contributed by atoms with E-state index in [1.54, 1.807) is 6.07 Å². The van der Waals surface area contributed by atoms with Gasteiger partial charge in [-0.3, -0.25) is 4.90 Å². The Morgan fingerprint density at radius 1 is 1.08 bits per heavy atom. The molecule has 1 N–H and O–H groups in total. The lowest BCUT2D eigenvalue weighted by Gasteiger charge is -2.43. The zero-order chi connectivity index (χ0) is 17.0. The number of hydrogen-bond donors (Lipinski definition) is 1. The van der Waals surface area contributed by atoms with Crippen LogP contribution in [-0.2, 0) is 16.9 Å². The second kappa shape index (κ2) is 7.38. The van der Waals surface area contributed by atoms with Gasteiger partial charge in [-0.05, 0) is 23.3 Å². The van der Waals surface area contributed by atoms with E-state index in [4.69, 9.17) is 4.74 Å². The van der Waals surface area contributed by atoms with E-state index in [9.17, 15) is 13.9 Å². The van der Waals surface area contributed by atoms with Gasteiger partial charge >= 0.3 is 0 Å². The first-order chi connectivity index (χ1) is 11.6. The zero-order valence-electron chi connectivity index (χ0n) is 13.4. The summed E-state index contributed by atoms with van der Waals surface area (Å²) in [5.74, 6) is -1.77. The van der Waals surface area contributed by atoms with E-state index in [2.05, 4.69) is 17.0 Å². The van der Waals surface area contributed by atoms with Gasteiger partial charge < -0.3 is 9.84 Å². The van der Waals surface area contributed by atoms with Crippen LogP contribution in [0.25, 0.3) is 0 Å². The minimum atomic E-state index is -0.895. The summed E-state index contributed by atoms with van der Waals surface area (Å²) in [7, 11) is 0. The molecule has 1 atom stereocenters. The maximum absolute atomic E-state index is 13.7. The van der Waals surface area contributed by atoms with Crippen LogP contribution < -0.4 is 0 Å². The topological polar surface area (TPSA) is 32.7 Å². The SMILES string of the molecule is OCCC1(c2ccc(F)c(F)c2)CN(Cc2ccccc2)CCO1. The number of aliphatic hydroxyl groups excluding tert-OH is 1. The van der Waals surface area contributed by atoms with Gasteiger partial charge in [-0.25, -0.2) is 8.78 Å². The van der Waals surface area contributed by atoms with Crippen LogP contribution in [0, 0.1) is 11.6 Å². The molecule has 1 fully saturated rings. The minimum Gasteiger partial charge on any atom is -0.396 e. The molecular formula is C19H21F2NO2. The number of benzene rings is 2. The van der Waals surface area contributed by atoms with Crippen LogP contribution in [0.3, 0.4) is 0 Å². The van der Waals surface area contributed by atoms with Gasteiger partial charge in [0.15, 0.2) is 11.6 Å². The Bertz CT molecular complexity index is 676. The Morgan fingerprint density at radius 3 is 2.58 bits per heavy atom. The maximum atomic E-state index is 13.7. The minimum absolute atomic E-state index is 0.0851. The van der Waals surface area contributed by atoms with Gasteiger partial charge in [0.25, 0.3) is 0 Å². The summed E-state index contributed by atoms with van der Waals surface area (Å²) in [6.45, 7) is 2.42. The van der Waals surface area contributed by atoms with Crippen molar-refractivity contribution in [2.24, 2.45) is 0 Å². The second-order valence-corrected chi connectivity index (χ2v) is 6.14. The standard InChI is InChI=1S/C19H21F2NO2/c20-17-7-6-16(12-18(17)21)19(8-10-23)14-22(9-11-24-19)13-15-4-2-1-3-5-15/h1-7,12,23H,8-11,13-14H2. The first kappa shape index (κ1) is 17.0. The highest BCUT2D eigenvalue weighted by Crippen LogP contribution is 2.34. The summed E-state index contributed by atoms with van der Waals surface area (Å²) in [5, 5.41) is 9.48. The lowest BCUT2D eigenvalue weighted by Crippen LogP contribution is -2.50. The van der Waals surface area contributed by atoms with Gasteiger partial charge in [0.05, 0.1) is 6.61 Å². The molecule has 24 heavy (non-hydrogen) atoms. The van der Waals surface area contributed by atoms with Crippen molar-refractivity contribution in [2.45, 2.75) is 18.6 Å². The molecule has 1 saturated heterocycles. The zero-order valence-corrected chi connectivity index (χ0v) is 13.4. The summed E-state index contributed by atoms with van der Waals surface area (Å²) >= 11 is 0. The fourth-order valence-corrected chi connectivity index (χ4v) is 3.26. The highest BCUT2D eigenvalue weighted by molar-refractivity contribution is 5.26. The summed E-state index contributed by atoms with van der Waals surface area (Å²) in [5.41, 5.74) is 0.923. The number of aliphatic hydroxyl groups is 1. The number of hydrogen-bond acceptors (Lipinski definition) is 3. The van der Waals surface area contributed by atoms with Crippen LogP contribution in [0.4, 0.5) is 8.78 Å². The third-order valence-electron chi connectivity index (χ3n) is 4.48. The van der Waals surface area contributed by atoms with Crippen molar-refractivity contribution in [3.63, 3.8) is 0 Å². The Hall–Kier alpha value is -1.82. The molecular weight excluding hydrogens is 312 g/mol. The molecule has 3 rings (SSSR count). The predicted octanol–water partition coefficient (Wildman–Crippen LogP) is 3.07. The highest BCUT2D eigenvalue weighted by Gasteiger charge is 2.38. The van der Waals surface area contributed by atoms with Crippen molar-refractivity contribution >= 4 is 0 Å². The lowest BCUT2D eigenvalue weighted by molar-refractivity contribution is -0.127. The molecule has 0 aliphatic carbocycles. The van der Waals surface area contributed by atoms with Crippen molar-refractivity contribution in [3.05, 3.63) is 71.3 Å². The number of rotatable bonds is 5. The largest absolute Gasteiger partial charge is 0.396 e. The van der Waals surface area contributed by atoms with Crippen molar-refractivity contribution in [1.82, 2.24) is 4.90 Å². The molecule has 2 aromatic rings. The van der Waals surface area contributed by atoms with E-state index in [1.807, 2.05) is 18.2 Å². The van der Waals surface area contributed by atoms with E-state index in [1.165, 1.54) is 11.6 Å². The Balaban J connectivity index is 1.84. The van der Waals surface area contributed by atoms with Gasteiger partial charge in [-0.1, -0.05) is 36.4 Å². The molecule has 0 radical (unpaired) electrons. The van der Waals surface area contributed by atoms with Gasteiger partial charge in [0.2, 0.25) is 0 Å². The Kier molecular flexibility index (Phi) is 5.23. The second-order valence-electron chi connectivity index (χ2n) is 6.14. The molecule has 0 bridgehead atoms. The molecule has 0 aromatic heterocycles. The smallest absolute Gasteiger partial charge is 0.159 e. The first-order valence-electron chi connectivity index (χ1n) is 8.10. The van der Waals surface area contributed by atoms with Crippen LogP contribution in [0.1, 0.15) is 17.5 Å². The molecule has 1 aliphatic heterocycles. The summed E-state index contributed by atoms with van der Waals surface area (Å²) < 4.78 is 32.9. The van der Waals surface area contributed by atoms with Crippen molar-refractivity contribution in [3.8, 4) is 0 Å². The molecule has 1 unspecified atom stereocenters. The number of nitrogens with zero attached hydrogens (tertiary/aromatic N) is 1. The van der Waals surface area contributed by atoms with E-state index >= 15 is 0 Å². The van der Waals surface area contributed by atoms with Gasteiger partial charge in [0.1, 0.15) is 5.60 Å². The van der Waals surface area contributed by atoms with Crippen molar-refractivity contribution in [2.75, 3.05) is 26.3 Å². The third kappa shape index (κ3) is 3.64. The molecule has 0 saturated carbocycles. The predicted molar refractivity (Wildman–Crippen MR) is 87.4 cm³/mol. The average Bonchev–Trinajstić information content (AvgIpc) is 2.59. The highest BCUT2D eigenvalue weighted by atomic mass is 19.2. The van der Waals surface area contributed by atoms with Crippen molar-refractivity contribution in [1.29, 1.82) is 0 Å².